The second kappa shape index (κ2) is 35.7. The molecule has 0 radical (unpaired) electrons. The molecule has 11 nitrogen and oxygen atoms in total. The number of carboxylic acids is 1. The summed E-state index contributed by atoms with van der Waals surface area (Å²) in [5, 5.41) is 8.86. The Morgan fingerprint density at radius 1 is 0.623 bits per heavy atom. The first-order chi connectivity index (χ1) is 25.6. The highest BCUT2D eigenvalue weighted by Crippen LogP contribution is 2.43. The number of carbonyl (C=O) groups excluding carboxylic acids is 2. The van der Waals surface area contributed by atoms with Gasteiger partial charge >= 0.3 is 25.7 Å². The van der Waals surface area contributed by atoms with Crippen LogP contribution in [-0.2, 0) is 37.5 Å². The summed E-state index contributed by atoms with van der Waals surface area (Å²) < 4.78 is 32.4. The molecule has 0 aromatic heterocycles. The van der Waals surface area contributed by atoms with E-state index in [1.54, 1.807) is 6.08 Å². The number of carbonyl (C=O) groups is 3. The number of hydrogen-bond acceptors (Lipinski definition) is 9. The van der Waals surface area contributed by atoms with E-state index in [1.807, 2.05) is 18.2 Å². The largest absolute Gasteiger partial charge is 0.480 e. The Morgan fingerprint density at radius 3 is 1.68 bits per heavy atom. The zero-order valence-electron chi connectivity index (χ0n) is 32.1. The predicted molar refractivity (Wildman–Crippen MR) is 212 cm³/mol. The number of unbranched alkanes of at least 4 members (excludes halogenated alkanes) is 7. The lowest BCUT2D eigenvalue weighted by atomic mass is 10.1. The molecule has 0 bridgehead atoms. The van der Waals surface area contributed by atoms with E-state index in [0.29, 0.717) is 12.8 Å². The molecule has 0 fully saturated rings. The van der Waals surface area contributed by atoms with Crippen LogP contribution in [-0.4, -0.2) is 59.9 Å². The summed E-state index contributed by atoms with van der Waals surface area (Å²) in [6, 6.07) is -1.54. The molecule has 0 rings (SSSR count). The zero-order chi connectivity index (χ0) is 39.3. The van der Waals surface area contributed by atoms with Crippen LogP contribution in [0.1, 0.15) is 123 Å². The third-order valence-corrected chi connectivity index (χ3v) is 8.36. The van der Waals surface area contributed by atoms with E-state index in [-0.39, 0.29) is 12.8 Å². The molecule has 0 aliphatic carbocycles. The van der Waals surface area contributed by atoms with Gasteiger partial charge in [-0.2, -0.15) is 0 Å². The van der Waals surface area contributed by atoms with Gasteiger partial charge in [-0.05, 0) is 64.2 Å². The summed E-state index contributed by atoms with van der Waals surface area (Å²) in [4.78, 5) is 45.7. The summed E-state index contributed by atoms with van der Waals surface area (Å²) in [6.07, 6.45) is 42.6. The summed E-state index contributed by atoms with van der Waals surface area (Å²) in [5.41, 5.74) is 5.31. The number of aliphatic carboxylic acids is 1. The fourth-order valence-corrected chi connectivity index (χ4v) is 5.17. The molecule has 0 aromatic carbocycles. The zero-order valence-corrected chi connectivity index (χ0v) is 33.0. The lowest BCUT2D eigenvalue weighted by Gasteiger charge is -2.20. The second-order valence-corrected chi connectivity index (χ2v) is 13.8. The average Bonchev–Trinajstić information content (AvgIpc) is 3.13. The van der Waals surface area contributed by atoms with Gasteiger partial charge < -0.3 is 25.2 Å². The molecule has 12 heteroatoms. The molecule has 0 heterocycles. The lowest BCUT2D eigenvalue weighted by Crippen LogP contribution is -2.34. The van der Waals surface area contributed by atoms with Gasteiger partial charge in [0.05, 0.1) is 19.6 Å². The van der Waals surface area contributed by atoms with Crippen LogP contribution >= 0.6 is 7.82 Å². The van der Waals surface area contributed by atoms with Crippen LogP contribution in [0.15, 0.2) is 85.1 Å². The fourth-order valence-electron chi connectivity index (χ4n) is 4.39. The predicted octanol–water partition coefficient (Wildman–Crippen LogP) is 9.55. The average molecular weight is 764 g/mol. The summed E-state index contributed by atoms with van der Waals surface area (Å²) in [5.74, 6) is -2.57. The normalized spacial score (nSPS) is 14.8. The van der Waals surface area contributed by atoms with E-state index >= 15 is 0 Å². The van der Waals surface area contributed by atoms with Crippen LogP contribution in [0, 0.1) is 0 Å². The Bertz CT molecular complexity index is 1220. The molecule has 0 aliphatic rings. The van der Waals surface area contributed by atoms with Gasteiger partial charge in [-0.15, -0.1) is 0 Å². The maximum absolute atomic E-state index is 12.5. The molecule has 0 saturated carbocycles. The number of carboxylic acid groups (broad SMARTS) is 1. The molecule has 0 spiro atoms. The molecule has 0 amide bonds. The second-order valence-electron chi connectivity index (χ2n) is 12.3. The van der Waals surface area contributed by atoms with Crippen molar-refractivity contribution in [1.29, 1.82) is 0 Å². The first-order valence-corrected chi connectivity index (χ1v) is 20.6. The van der Waals surface area contributed by atoms with E-state index in [0.717, 1.165) is 70.6 Å². The Hall–Kier alpha value is -3.34. The first-order valence-electron chi connectivity index (χ1n) is 19.1. The molecular weight excluding hydrogens is 697 g/mol. The minimum atomic E-state index is -4.74. The quantitative estimate of drug-likeness (QED) is 0.0247. The topological polar surface area (TPSA) is 172 Å². The van der Waals surface area contributed by atoms with Crippen LogP contribution in [0.5, 0.6) is 0 Å². The third kappa shape index (κ3) is 35.5. The smallest absolute Gasteiger partial charge is 0.472 e. The van der Waals surface area contributed by atoms with E-state index in [9.17, 15) is 23.8 Å². The Kier molecular flexibility index (Phi) is 33.4. The highest BCUT2D eigenvalue weighted by atomic mass is 31.2. The third-order valence-electron chi connectivity index (χ3n) is 7.41. The Labute approximate surface area is 318 Å². The van der Waals surface area contributed by atoms with E-state index in [4.69, 9.17) is 24.8 Å². The Morgan fingerprint density at radius 2 is 1.11 bits per heavy atom. The number of phosphoric ester groups is 1. The van der Waals surface area contributed by atoms with E-state index < -0.39 is 57.7 Å². The maximum atomic E-state index is 12.5. The van der Waals surface area contributed by atoms with Crippen molar-refractivity contribution in [3.63, 3.8) is 0 Å². The van der Waals surface area contributed by atoms with Gasteiger partial charge in [-0.25, -0.2) is 4.57 Å². The van der Waals surface area contributed by atoms with E-state index in [1.165, 1.54) is 12.8 Å². The van der Waals surface area contributed by atoms with Gasteiger partial charge in [0.2, 0.25) is 0 Å². The van der Waals surface area contributed by atoms with Crippen LogP contribution < -0.4 is 5.73 Å². The minimum Gasteiger partial charge on any atom is -0.480 e. The van der Waals surface area contributed by atoms with Gasteiger partial charge in [0.25, 0.3) is 0 Å². The van der Waals surface area contributed by atoms with Crippen LogP contribution in [0.4, 0.5) is 0 Å². The van der Waals surface area contributed by atoms with Crippen molar-refractivity contribution in [1.82, 2.24) is 0 Å². The van der Waals surface area contributed by atoms with E-state index in [2.05, 4.69) is 79.1 Å². The van der Waals surface area contributed by atoms with Crippen molar-refractivity contribution >= 4 is 25.7 Å². The highest BCUT2D eigenvalue weighted by Gasteiger charge is 2.28. The SMILES string of the molecule is CC/C=C\C/C=C\C/C=C\C/C=C\C/C=C\CC(=O)OC(COC(=O)CCCCCCC/C=C\C/C=C\CCCC)COP(=O)(O)OCC(N)C(=O)O. The van der Waals surface area contributed by atoms with Gasteiger partial charge in [0.1, 0.15) is 12.6 Å². The molecular formula is C41H66NO10P. The summed E-state index contributed by atoms with van der Waals surface area (Å²) in [6.45, 7) is 2.49. The maximum Gasteiger partial charge on any atom is 0.472 e. The van der Waals surface area contributed by atoms with Crippen LogP contribution in [0.25, 0.3) is 0 Å². The fraction of sp³-hybridized carbons (Fsp3) is 0.585. The van der Waals surface area contributed by atoms with Crippen molar-refractivity contribution < 1.29 is 47.5 Å². The summed E-state index contributed by atoms with van der Waals surface area (Å²) >= 11 is 0. The molecule has 0 aliphatic heterocycles. The minimum absolute atomic E-state index is 0.0788. The highest BCUT2D eigenvalue weighted by molar-refractivity contribution is 7.47. The van der Waals surface area contributed by atoms with Gasteiger partial charge in [-0.3, -0.25) is 23.4 Å². The number of hydrogen-bond donors (Lipinski definition) is 3. The van der Waals surface area contributed by atoms with Crippen molar-refractivity contribution in [2.75, 3.05) is 19.8 Å². The van der Waals surface area contributed by atoms with Crippen LogP contribution in [0.2, 0.25) is 0 Å². The van der Waals surface area contributed by atoms with Crippen molar-refractivity contribution in [3.05, 3.63) is 85.1 Å². The molecule has 0 aromatic rings. The molecule has 3 unspecified atom stereocenters. The molecule has 3 atom stereocenters. The standard InChI is InChI=1S/C41H66NO10P/c1-3-5-7-9-11-13-15-17-19-21-23-25-27-29-31-33-40(44)52-37(35-50-53(47,48)51-36-38(42)41(45)46)34-49-39(43)32-30-28-26-24-22-20-18-16-14-12-10-8-6-4-2/h5,7,10-13,16-19,23,25,29,31,37-38H,3-4,6,8-9,14-15,20-22,24,26-28,30,32-36,42H2,1-2H3,(H,45,46)(H,47,48)/b7-5-,12-10-,13-11-,18-16-,19-17-,25-23-,31-29-. The van der Waals surface area contributed by atoms with Crippen molar-refractivity contribution in [2.24, 2.45) is 5.73 Å². The number of allylic oxidation sites excluding steroid dienone is 13. The van der Waals surface area contributed by atoms with Gasteiger partial charge in [0, 0.05) is 6.42 Å². The van der Waals surface area contributed by atoms with Gasteiger partial charge in [0.15, 0.2) is 6.10 Å². The Balaban J connectivity index is 4.63. The molecule has 0 saturated heterocycles. The van der Waals surface area contributed by atoms with Crippen molar-refractivity contribution in [2.45, 2.75) is 135 Å². The molecule has 53 heavy (non-hydrogen) atoms. The van der Waals surface area contributed by atoms with Crippen molar-refractivity contribution in [3.8, 4) is 0 Å². The lowest BCUT2D eigenvalue weighted by molar-refractivity contribution is -0.160. The summed E-state index contributed by atoms with van der Waals surface area (Å²) in [7, 11) is -4.74. The number of nitrogens with two attached hydrogens (primary N) is 1. The first kappa shape index (κ1) is 49.7. The number of phosphoric acid groups is 1. The monoisotopic (exact) mass is 763 g/mol. The molecule has 4 N–H and O–H groups in total. The van der Waals surface area contributed by atoms with Gasteiger partial charge in [-0.1, -0.05) is 131 Å². The number of rotatable bonds is 34. The number of esters is 2. The van der Waals surface area contributed by atoms with Crippen LogP contribution in [0.3, 0.4) is 0 Å². The number of ether oxygens (including phenoxy) is 2. The molecule has 300 valence electrons.